The van der Waals surface area contributed by atoms with Gasteiger partial charge < -0.3 is 10.7 Å². The molecule has 0 saturated carbocycles. The number of aromatic nitrogens is 2. The number of aryl methyl sites for hydroxylation is 2. The van der Waals surface area contributed by atoms with Crippen molar-refractivity contribution < 1.29 is 4.79 Å². The molecule has 0 atom stereocenters. The van der Waals surface area contributed by atoms with Crippen LogP contribution in [0.2, 0.25) is 0 Å². The van der Waals surface area contributed by atoms with Crippen LogP contribution in [0, 0.1) is 13.8 Å². The third kappa shape index (κ3) is 2.93. The van der Waals surface area contributed by atoms with Crippen molar-refractivity contribution in [2.45, 2.75) is 33.6 Å². The Hall–Kier alpha value is -2.95. The molecule has 5 heteroatoms. The zero-order chi connectivity index (χ0) is 18.3. The average Bonchev–Trinajstić information content (AvgIpc) is 2.55. The van der Waals surface area contributed by atoms with E-state index in [4.69, 9.17) is 5.73 Å². The molecule has 0 aliphatic carbocycles. The number of benzene rings is 1. The van der Waals surface area contributed by atoms with Gasteiger partial charge in [-0.2, -0.15) is 0 Å². The van der Waals surface area contributed by atoms with Crippen LogP contribution in [0.4, 0.5) is 0 Å². The predicted octanol–water partition coefficient (Wildman–Crippen LogP) is 3.43. The van der Waals surface area contributed by atoms with Crippen LogP contribution in [0.1, 0.15) is 46.9 Å². The van der Waals surface area contributed by atoms with E-state index in [9.17, 15) is 9.59 Å². The summed E-state index contributed by atoms with van der Waals surface area (Å²) < 4.78 is 0. The summed E-state index contributed by atoms with van der Waals surface area (Å²) in [5, 5.41) is 0.229. The zero-order valence-electron chi connectivity index (χ0n) is 14.8. The first kappa shape index (κ1) is 16.9. The molecule has 3 aromatic rings. The molecule has 0 fully saturated rings. The summed E-state index contributed by atoms with van der Waals surface area (Å²) in [4.78, 5) is 31.3. The summed E-state index contributed by atoms with van der Waals surface area (Å²) in [6, 6.07) is 7.45. The minimum Gasteiger partial charge on any atom is -0.364 e. The highest BCUT2D eigenvalue weighted by atomic mass is 16.1. The molecule has 2 aromatic heterocycles. The molecule has 0 aliphatic heterocycles. The highest BCUT2D eigenvalue weighted by Crippen LogP contribution is 2.29. The molecule has 1 aromatic carbocycles. The van der Waals surface area contributed by atoms with Crippen LogP contribution < -0.4 is 11.2 Å². The van der Waals surface area contributed by atoms with Gasteiger partial charge in [0.1, 0.15) is 5.69 Å². The van der Waals surface area contributed by atoms with E-state index in [1.54, 1.807) is 6.07 Å². The first-order valence-electron chi connectivity index (χ1n) is 8.23. The molecule has 25 heavy (non-hydrogen) atoms. The highest BCUT2D eigenvalue weighted by molar-refractivity contribution is 6.03. The van der Waals surface area contributed by atoms with Gasteiger partial charge in [-0.25, -0.2) is 0 Å². The molecular weight excluding hydrogens is 314 g/mol. The fourth-order valence-corrected chi connectivity index (χ4v) is 3.28. The lowest BCUT2D eigenvalue weighted by atomic mass is 9.92. The van der Waals surface area contributed by atoms with Crippen LogP contribution in [0.25, 0.3) is 22.2 Å². The fraction of sp³-hybridized carbons (Fsp3) is 0.250. The predicted molar refractivity (Wildman–Crippen MR) is 99.9 cm³/mol. The van der Waals surface area contributed by atoms with Gasteiger partial charge in [0.05, 0.1) is 10.9 Å². The van der Waals surface area contributed by atoms with Crippen molar-refractivity contribution in [2.75, 3.05) is 0 Å². The monoisotopic (exact) mass is 335 g/mol. The lowest BCUT2D eigenvalue weighted by molar-refractivity contribution is 0.0997. The molecule has 0 bridgehead atoms. The number of carbonyl (C=O) groups excluding carboxylic acids is 1. The number of nitrogens with two attached hydrogens (primary N) is 1. The number of H-pyrrole nitrogens is 1. The second-order valence-electron chi connectivity index (χ2n) is 6.67. The average molecular weight is 335 g/mol. The Morgan fingerprint density at radius 3 is 2.52 bits per heavy atom. The number of primary amides is 1. The Kier molecular flexibility index (Phi) is 4.17. The van der Waals surface area contributed by atoms with Gasteiger partial charge in [0.2, 0.25) is 0 Å². The van der Waals surface area contributed by atoms with Crippen molar-refractivity contribution in [2.24, 2.45) is 5.73 Å². The third-order valence-electron chi connectivity index (χ3n) is 4.50. The molecular formula is C20H21N3O2. The summed E-state index contributed by atoms with van der Waals surface area (Å²) in [6.07, 6.45) is 1.47. The molecule has 5 nitrogen and oxygen atoms in total. The standard InChI is InChI=1S/C20H21N3O2/c1-10(2)13-7-12(4)14(8-11(13)3)16-9-17(24)18-15(23-16)5-6-22-19(18)20(21)25/h5-10H,1-4H3,(H2,21,25)(H,23,24). The number of carbonyl (C=O) groups is 1. The quantitative estimate of drug-likeness (QED) is 0.768. The zero-order valence-corrected chi connectivity index (χ0v) is 14.8. The van der Waals surface area contributed by atoms with Crippen molar-refractivity contribution in [1.29, 1.82) is 0 Å². The van der Waals surface area contributed by atoms with Gasteiger partial charge in [0.25, 0.3) is 5.91 Å². The van der Waals surface area contributed by atoms with Crippen molar-refractivity contribution >= 4 is 16.8 Å². The second-order valence-corrected chi connectivity index (χ2v) is 6.67. The van der Waals surface area contributed by atoms with E-state index >= 15 is 0 Å². The van der Waals surface area contributed by atoms with E-state index in [1.807, 2.05) is 6.92 Å². The lowest BCUT2D eigenvalue weighted by Crippen LogP contribution is -2.17. The Bertz CT molecular complexity index is 1050. The number of amides is 1. The van der Waals surface area contributed by atoms with Gasteiger partial charge >= 0.3 is 0 Å². The van der Waals surface area contributed by atoms with Gasteiger partial charge in [-0.15, -0.1) is 0 Å². The molecule has 3 rings (SSSR count). The van der Waals surface area contributed by atoms with E-state index in [2.05, 4.69) is 42.9 Å². The van der Waals surface area contributed by atoms with E-state index in [1.165, 1.54) is 23.4 Å². The minimum absolute atomic E-state index is 0.00615. The maximum Gasteiger partial charge on any atom is 0.268 e. The topological polar surface area (TPSA) is 88.8 Å². The summed E-state index contributed by atoms with van der Waals surface area (Å²) in [5.41, 5.74) is 10.9. The van der Waals surface area contributed by atoms with Crippen LogP contribution in [0.5, 0.6) is 0 Å². The van der Waals surface area contributed by atoms with E-state index < -0.39 is 5.91 Å². The van der Waals surface area contributed by atoms with Crippen molar-refractivity contribution in [3.05, 3.63) is 63.1 Å². The smallest absolute Gasteiger partial charge is 0.268 e. The summed E-state index contributed by atoms with van der Waals surface area (Å²) in [5.74, 6) is -0.273. The van der Waals surface area contributed by atoms with Crippen LogP contribution in [-0.4, -0.2) is 15.9 Å². The Balaban J connectivity index is 2.27. The number of hydrogen-bond donors (Lipinski definition) is 2. The molecule has 0 radical (unpaired) electrons. The van der Waals surface area contributed by atoms with Crippen LogP contribution >= 0.6 is 0 Å². The van der Waals surface area contributed by atoms with Gasteiger partial charge in [0, 0.05) is 23.5 Å². The molecule has 0 unspecified atom stereocenters. The number of hydrogen-bond acceptors (Lipinski definition) is 3. The van der Waals surface area contributed by atoms with Crippen LogP contribution in [0.3, 0.4) is 0 Å². The summed E-state index contributed by atoms with van der Waals surface area (Å²) in [7, 11) is 0. The first-order valence-corrected chi connectivity index (χ1v) is 8.23. The molecule has 128 valence electrons. The fourth-order valence-electron chi connectivity index (χ4n) is 3.28. The normalized spacial score (nSPS) is 11.2. The molecule has 0 saturated heterocycles. The maximum absolute atomic E-state index is 12.6. The maximum atomic E-state index is 12.6. The number of fused-ring (bicyclic) bond motifs is 1. The number of aromatic amines is 1. The third-order valence-corrected chi connectivity index (χ3v) is 4.50. The molecule has 0 aliphatic rings. The van der Waals surface area contributed by atoms with E-state index in [-0.39, 0.29) is 16.5 Å². The minimum atomic E-state index is -0.711. The van der Waals surface area contributed by atoms with Crippen LogP contribution in [-0.2, 0) is 0 Å². The summed E-state index contributed by atoms with van der Waals surface area (Å²) in [6.45, 7) is 8.44. The van der Waals surface area contributed by atoms with Crippen LogP contribution in [0.15, 0.2) is 35.3 Å². The van der Waals surface area contributed by atoms with Crippen molar-refractivity contribution in [1.82, 2.24) is 9.97 Å². The largest absolute Gasteiger partial charge is 0.364 e. The Morgan fingerprint density at radius 2 is 1.88 bits per heavy atom. The van der Waals surface area contributed by atoms with Gasteiger partial charge in [-0.05, 0) is 48.6 Å². The summed E-state index contributed by atoms with van der Waals surface area (Å²) >= 11 is 0. The second kappa shape index (κ2) is 6.16. The number of nitrogens with one attached hydrogen (secondary N) is 1. The van der Waals surface area contributed by atoms with E-state index in [0.29, 0.717) is 11.4 Å². The first-order chi connectivity index (χ1) is 11.8. The Labute approximate surface area is 145 Å². The number of nitrogens with zero attached hydrogens (tertiary/aromatic N) is 1. The van der Waals surface area contributed by atoms with E-state index in [0.717, 1.165) is 16.8 Å². The molecule has 0 spiro atoms. The van der Waals surface area contributed by atoms with Gasteiger partial charge in [-0.1, -0.05) is 19.9 Å². The number of rotatable bonds is 3. The lowest BCUT2D eigenvalue weighted by Gasteiger charge is -2.15. The van der Waals surface area contributed by atoms with Crippen molar-refractivity contribution in [3.63, 3.8) is 0 Å². The number of pyridine rings is 2. The highest BCUT2D eigenvalue weighted by Gasteiger charge is 2.15. The molecule has 1 amide bonds. The molecule has 2 heterocycles. The molecule has 3 N–H and O–H groups in total. The van der Waals surface area contributed by atoms with Gasteiger partial charge in [0.15, 0.2) is 5.43 Å². The van der Waals surface area contributed by atoms with Gasteiger partial charge in [-0.3, -0.25) is 14.6 Å². The SMILES string of the molecule is Cc1cc(C(C)C)c(C)cc1-c1cc(=O)c2c(C(N)=O)nccc2[nH]1. The van der Waals surface area contributed by atoms with Crippen molar-refractivity contribution in [3.8, 4) is 11.3 Å². The Morgan fingerprint density at radius 1 is 1.16 bits per heavy atom.